The molecule has 0 radical (unpaired) electrons. The number of aromatic nitrogens is 2. The van der Waals surface area contributed by atoms with Crippen molar-refractivity contribution in [1.82, 2.24) is 9.78 Å². The molecule has 2 rings (SSSR count). The Kier molecular flexibility index (Phi) is 3.43. The summed E-state index contributed by atoms with van der Waals surface area (Å²) in [5.41, 5.74) is -0.449. The normalized spacial score (nSPS) is 21.3. The molecule has 2 heterocycles. The van der Waals surface area contributed by atoms with Gasteiger partial charge in [-0.25, -0.2) is 4.79 Å². The largest absolute Gasteiger partial charge is 0.465 e. The fourth-order valence-electron chi connectivity index (χ4n) is 2.40. The minimum Gasteiger partial charge on any atom is -0.465 e. The predicted molar refractivity (Wildman–Crippen MR) is 71.6 cm³/mol. The first-order chi connectivity index (χ1) is 9.27. The van der Waals surface area contributed by atoms with Crippen LogP contribution < -0.4 is 10.2 Å². The highest BCUT2D eigenvalue weighted by Gasteiger charge is 2.48. The first kappa shape index (κ1) is 14.3. The SMILES string of the molecule is Cn1cc(NC(=O)O)c(N2CC(CO)C(C)(C)C2=O)n1. The molecule has 8 nitrogen and oxygen atoms in total. The molecule has 0 spiro atoms. The number of aryl methyl sites for hydroxylation is 1. The molecule has 1 unspecified atom stereocenters. The fraction of sp³-hybridized carbons (Fsp3) is 0.583. The molecule has 1 aliphatic rings. The van der Waals surface area contributed by atoms with Crippen LogP contribution in [-0.4, -0.2) is 45.1 Å². The number of nitrogens with one attached hydrogen (secondary N) is 1. The lowest BCUT2D eigenvalue weighted by Crippen LogP contribution is -2.33. The van der Waals surface area contributed by atoms with E-state index in [9.17, 15) is 14.7 Å². The summed E-state index contributed by atoms with van der Waals surface area (Å²) in [6.07, 6.45) is 0.277. The van der Waals surface area contributed by atoms with E-state index in [1.165, 1.54) is 15.8 Å². The van der Waals surface area contributed by atoms with Crippen LogP contribution >= 0.6 is 0 Å². The van der Waals surface area contributed by atoms with Crippen LogP contribution in [0, 0.1) is 11.3 Å². The molecule has 20 heavy (non-hydrogen) atoms. The highest BCUT2D eigenvalue weighted by atomic mass is 16.4. The zero-order valence-corrected chi connectivity index (χ0v) is 11.6. The minimum absolute atomic E-state index is 0.107. The topological polar surface area (TPSA) is 108 Å². The second-order valence-electron chi connectivity index (χ2n) is 5.49. The summed E-state index contributed by atoms with van der Waals surface area (Å²) in [5, 5.41) is 24.6. The molecule has 1 saturated heterocycles. The lowest BCUT2D eigenvalue weighted by Gasteiger charge is -2.21. The number of carbonyl (C=O) groups excluding carboxylic acids is 1. The number of nitrogens with zero attached hydrogens (tertiary/aromatic N) is 3. The molecule has 0 bridgehead atoms. The summed E-state index contributed by atoms with van der Waals surface area (Å²) in [4.78, 5) is 24.6. The Bertz CT molecular complexity index is 552. The zero-order valence-electron chi connectivity index (χ0n) is 11.6. The molecule has 8 heteroatoms. The van der Waals surface area contributed by atoms with E-state index in [1.54, 1.807) is 20.9 Å². The molecule has 0 aliphatic carbocycles. The second kappa shape index (κ2) is 4.78. The quantitative estimate of drug-likeness (QED) is 0.748. The van der Waals surface area contributed by atoms with Gasteiger partial charge < -0.3 is 10.2 Å². The van der Waals surface area contributed by atoms with Crippen molar-refractivity contribution in [3.05, 3.63) is 6.20 Å². The van der Waals surface area contributed by atoms with Crippen molar-refractivity contribution < 1.29 is 19.8 Å². The molecular weight excluding hydrogens is 264 g/mol. The Morgan fingerprint density at radius 1 is 1.60 bits per heavy atom. The van der Waals surface area contributed by atoms with Crippen molar-refractivity contribution in [2.24, 2.45) is 18.4 Å². The second-order valence-corrected chi connectivity index (χ2v) is 5.49. The molecule has 2 amide bonds. The van der Waals surface area contributed by atoms with Gasteiger partial charge in [0.15, 0.2) is 5.82 Å². The average Bonchev–Trinajstić information content (AvgIpc) is 2.78. The number of aliphatic hydroxyl groups is 1. The van der Waals surface area contributed by atoms with Crippen LogP contribution in [0.3, 0.4) is 0 Å². The standard InChI is InChI=1S/C12H18N4O4/c1-12(2)7(6-17)4-16(10(12)18)9-8(13-11(19)20)5-15(3)14-9/h5,7,13,17H,4,6H2,1-3H3,(H,19,20). The van der Waals surface area contributed by atoms with Gasteiger partial charge in [-0.2, -0.15) is 5.10 Å². The first-order valence-corrected chi connectivity index (χ1v) is 6.23. The van der Waals surface area contributed by atoms with E-state index in [4.69, 9.17) is 5.11 Å². The van der Waals surface area contributed by atoms with Gasteiger partial charge in [0.25, 0.3) is 0 Å². The molecule has 1 aromatic heterocycles. The van der Waals surface area contributed by atoms with Gasteiger partial charge in [0.2, 0.25) is 5.91 Å². The highest BCUT2D eigenvalue weighted by molar-refractivity contribution is 6.02. The fourth-order valence-corrected chi connectivity index (χ4v) is 2.40. The maximum Gasteiger partial charge on any atom is 0.409 e. The van der Waals surface area contributed by atoms with Gasteiger partial charge in [0, 0.05) is 26.1 Å². The van der Waals surface area contributed by atoms with E-state index >= 15 is 0 Å². The molecular formula is C12H18N4O4. The minimum atomic E-state index is -1.22. The summed E-state index contributed by atoms with van der Waals surface area (Å²) in [6.45, 7) is 3.74. The Hall–Kier alpha value is -2.09. The maximum absolute atomic E-state index is 12.4. The Balaban J connectivity index is 2.38. The van der Waals surface area contributed by atoms with E-state index in [2.05, 4.69) is 10.4 Å². The Morgan fingerprint density at radius 3 is 2.75 bits per heavy atom. The number of carboxylic acid groups (broad SMARTS) is 1. The summed E-state index contributed by atoms with van der Waals surface area (Å²) < 4.78 is 1.44. The lowest BCUT2D eigenvalue weighted by molar-refractivity contribution is -0.125. The van der Waals surface area contributed by atoms with Gasteiger partial charge in [0.05, 0.1) is 11.6 Å². The van der Waals surface area contributed by atoms with Gasteiger partial charge in [-0.05, 0) is 0 Å². The van der Waals surface area contributed by atoms with E-state index in [0.29, 0.717) is 6.54 Å². The van der Waals surface area contributed by atoms with Crippen LogP contribution in [-0.2, 0) is 11.8 Å². The number of hydrogen-bond acceptors (Lipinski definition) is 4. The third-order valence-corrected chi connectivity index (χ3v) is 3.75. The Morgan fingerprint density at radius 2 is 2.25 bits per heavy atom. The Labute approximate surface area is 116 Å². The van der Waals surface area contributed by atoms with Crippen molar-refractivity contribution in [3.63, 3.8) is 0 Å². The van der Waals surface area contributed by atoms with Crippen LogP contribution in [0.25, 0.3) is 0 Å². The number of carbonyl (C=O) groups is 2. The lowest BCUT2D eigenvalue weighted by atomic mass is 9.82. The molecule has 1 atom stereocenters. The first-order valence-electron chi connectivity index (χ1n) is 6.23. The summed E-state index contributed by atoms with van der Waals surface area (Å²) >= 11 is 0. The van der Waals surface area contributed by atoms with E-state index in [-0.39, 0.29) is 29.9 Å². The molecule has 3 N–H and O–H groups in total. The van der Waals surface area contributed by atoms with Crippen LogP contribution in [0.5, 0.6) is 0 Å². The monoisotopic (exact) mass is 282 g/mol. The predicted octanol–water partition coefficient (Wildman–Crippen LogP) is 0.491. The van der Waals surface area contributed by atoms with Crippen LogP contribution in [0.1, 0.15) is 13.8 Å². The zero-order chi connectivity index (χ0) is 15.1. The molecule has 1 fully saturated rings. The van der Waals surface area contributed by atoms with E-state index in [0.717, 1.165) is 0 Å². The van der Waals surface area contributed by atoms with Gasteiger partial charge in [-0.15, -0.1) is 0 Å². The summed E-state index contributed by atoms with van der Waals surface area (Å²) in [5.74, 6) is -0.123. The van der Waals surface area contributed by atoms with Crippen molar-refractivity contribution in [1.29, 1.82) is 0 Å². The van der Waals surface area contributed by atoms with Crippen LogP contribution in [0.15, 0.2) is 6.20 Å². The van der Waals surface area contributed by atoms with Gasteiger partial charge in [-0.3, -0.25) is 19.7 Å². The maximum atomic E-state index is 12.4. The van der Waals surface area contributed by atoms with E-state index < -0.39 is 11.5 Å². The number of rotatable bonds is 3. The summed E-state index contributed by atoms with van der Waals surface area (Å²) in [7, 11) is 1.64. The average molecular weight is 282 g/mol. The van der Waals surface area contributed by atoms with Crippen LogP contribution in [0.2, 0.25) is 0 Å². The number of hydrogen-bond donors (Lipinski definition) is 3. The van der Waals surface area contributed by atoms with E-state index in [1.807, 2.05) is 0 Å². The molecule has 0 aromatic carbocycles. The number of aliphatic hydroxyl groups excluding tert-OH is 1. The van der Waals surface area contributed by atoms with Gasteiger partial charge in [0.1, 0.15) is 5.69 Å². The van der Waals surface area contributed by atoms with Gasteiger partial charge >= 0.3 is 6.09 Å². The van der Waals surface area contributed by atoms with Crippen LogP contribution in [0.4, 0.5) is 16.3 Å². The van der Waals surface area contributed by atoms with Crippen molar-refractivity contribution in [3.8, 4) is 0 Å². The number of amides is 2. The highest BCUT2D eigenvalue weighted by Crippen LogP contribution is 2.40. The van der Waals surface area contributed by atoms with Crippen molar-refractivity contribution >= 4 is 23.5 Å². The third-order valence-electron chi connectivity index (χ3n) is 3.75. The van der Waals surface area contributed by atoms with Crippen molar-refractivity contribution in [2.75, 3.05) is 23.4 Å². The molecule has 0 saturated carbocycles. The molecule has 1 aliphatic heterocycles. The molecule has 110 valence electrons. The molecule has 1 aromatic rings. The number of anilines is 2. The summed E-state index contributed by atoms with van der Waals surface area (Å²) in [6, 6.07) is 0. The van der Waals surface area contributed by atoms with Gasteiger partial charge in [-0.1, -0.05) is 13.8 Å². The third kappa shape index (κ3) is 2.22. The van der Waals surface area contributed by atoms with Crippen molar-refractivity contribution in [2.45, 2.75) is 13.8 Å². The smallest absolute Gasteiger partial charge is 0.409 e.